The number of hydrogen-bond donors (Lipinski definition) is 2. The second-order valence-corrected chi connectivity index (χ2v) is 7.45. The Bertz CT molecular complexity index is 417. The zero-order valence-electron chi connectivity index (χ0n) is 12.7. The van der Waals surface area contributed by atoms with Gasteiger partial charge in [0, 0.05) is 24.5 Å². The Morgan fingerprint density at radius 1 is 1.30 bits per heavy atom. The van der Waals surface area contributed by atoms with Crippen LogP contribution in [0, 0.1) is 11.3 Å². The highest BCUT2D eigenvalue weighted by molar-refractivity contribution is 5.90. The third-order valence-electron chi connectivity index (χ3n) is 5.68. The van der Waals surface area contributed by atoms with E-state index in [1.807, 2.05) is 20.8 Å². The van der Waals surface area contributed by atoms with Crippen LogP contribution in [0.25, 0.3) is 0 Å². The number of nitrogens with two attached hydrogens (primary N) is 1. The van der Waals surface area contributed by atoms with Gasteiger partial charge >= 0.3 is 0 Å². The van der Waals surface area contributed by atoms with Crippen molar-refractivity contribution < 1.29 is 14.3 Å². The van der Waals surface area contributed by atoms with E-state index in [0.29, 0.717) is 13.2 Å². The van der Waals surface area contributed by atoms with Gasteiger partial charge in [-0.15, -0.1) is 0 Å². The fourth-order valence-corrected chi connectivity index (χ4v) is 4.26. The van der Waals surface area contributed by atoms with Gasteiger partial charge in [0.15, 0.2) is 0 Å². The van der Waals surface area contributed by atoms with E-state index in [1.165, 1.54) is 0 Å². The van der Waals surface area contributed by atoms with Gasteiger partial charge in [-0.25, -0.2) is 0 Å². The van der Waals surface area contributed by atoms with E-state index < -0.39 is 5.54 Å². The summed E-state index contributed by atoms with van der Waals surface area (Å²) in [7, 11) is 0. The molecule has 4 unspecified atom stereocenters. The summed E-state index contributed by atoms with van der Waals surface area (Å²) in [5.41, 5.74) is 5.12. The molecule has 0 bridgehead atoms. The topological polar surface area (TPSA) is 73.6 Å². The molecule has 2 heterocycles. The summed E-state index contributed by atoms with van der Waals surface area (Å²) in [6.07, 6.45) is 2.92. The molecule has 0 aromatic rings. The maximum absolute atomic E-state index is 12.8. The van der Waals surface area contributed by atoms with Crippen LogP contribution in [0.1, 0.15) is 40.0 Å². The standard InChI is InChI=1S/C15H26N2O3/c1-13(2)11-10(5-8-20-11)15(13,16)12(18)17-14(3)6-4-7-19-9-14/h10-11H,4-9,16H2,1-3H3,(H,17,18). The van der Waals surface area contributed by atoms with E-state index >= 15 is 0 Å². The van der Waals surface area contributed by atoms with E-state index in [-0.39, 0.29) is 28.9 Å². The Balaban J connectivity index is 1.76. The van der Waals surface area contributed by atoms with Crippen molar-refractivity contribution in [2.45, 2.75) is 57.2 Å². The van der Waals surface area contributed by atoms with E-state index in [4.69, 9.17) is 15.2 Å². The highest BCUT2D eigenvalue weighted by Crippen LogP contribution is 2.58. The highest BCUT2D eigenvalue weighted by atomic mass is 16.5. The fraction of sp³-hybridized carbons (Fsp3) is 0.933. The molecule has 5 nitrogen and oxygen atoms in total. The minimum Gasteiger partial charge on any atom is -0.379 e. The lowest BCUT2D eigenvalue weighted by molar-refractivity contribution is -0.177. The third kappa shape index (κ3) is 1.76. The molecule has 0 aromatic heterocycles. The quantitative estimate of drug-likeness (QED) is 0.786. The van der Waals surface area contributed by atoms with Crippen molar-refractivity contribution in [3.63, 3.8) is 0 Å². The maximum atomic E-state index is 12.8. The predicted octanol–water partition coefficient (Wildman–Crippen LogP) is 0.814. The van der Waals surface area contributed by atoms with Crippen molar-refractivity contribution >= 4 is 5.91 Å². The lowest BCUT2D eigenvalue weighted by Crippen LogP contribution is -2.81. The molecule has 0 aromatic carbocycles. The molecule has 0 radical (unpaired) electrons. The number of carbonyl (C=O) groups is 1. The zero-order chi connectivity index (χ0) is 14.6. The largest absolute Gasteiger partial charge is 0.379 e. The first-order valence-corrected chi connectivity index (χ1v) is 7.62. The van der Waals surface area contributed by atoms with Crippen LogP contribution in [0.2, 0.25) is 0 Å². The van der Waals surface area contributed by atoms with Crippen LogP contribution in [0.15, 0.2) is 0 Å². The number of amides is 1. The number of ether oxygens (including phenoxy) is 2. The Morgan fingerprint density at radius 2 is 2.05 bits per heavy atom. The number of hydrogen-bond acceptors (Lipinski definition) is 4. The van der Waals surface area contributed by atoms with Crippen LogP contribution in [0.5, 0.6) is 0 Å². The normalized spacial score (nSPS) is 46.4. The molecular weight excluding hydrogens is 256 g/mol. The second kappa shape index (κ2) is 4.42. The summed E-state index contributed by atoms with van der Waals surface area (Å²) >= 11 is 0. The molecule has 0 spiro atoms. The molecule has 2 aliphatic heterocycles. The van der Waals surface area contributed by atoms with E-state index in [1.54, 1.807) is 0 Å². The Hall–Kier alpha value is -0.650. The molecule has 3 rings (SSSR count). The summed E-state index contributed by atoms with van der Waals surface area (Å²) < 4.78 is 11.3. The first kappa shape index (κ1) is 14.3. The van der Waals surface area contributed by atoms with Crippen molar-refractivity contribution in [2.24, 2.45) is 17.1 Å². The summed E-state index contributed by atoms with van der Waals surface area (Å²) in [5.74, 6) is 0.104. The van der Waals surface area contributed by atoms with Gasteiger partial charge in [-0.05, 0) is 26.2 Å². The van der Waals surface area contributed by atoms with Gasteiger partial charge in [-0.1, -0.05) is 13.8 Å². The van der Waals surface area contributed by atoms with Gasteiger partial charge in [0.2, 0.25) is 5.91 Å². The molecule has 1 saturated carbocycles. The Labute approximate surface area is 120 Å². The summed E-state index contributed by atoms with van der Waals surface area (Å²) in [6.45, 7) is 8.19. The van der Waals surface area contributed by atoms with Crippen molar-refractivity contribution in [1.29, 1.82) is 0 Å². The van der Waals surface area contributed by atoms with Crippen LogP contribution < -0.4 is 11.1 Å². The van der Waals surface area contributed by atoms with Crippen molar-refractivity contribution in [3.8, 4) is 0 Å². The lowest BCUT2D eigenvalue weighted by atomic mass is 9.47. The average molecular weight is 282 g/mol. The highest BCUT2D eigenvalue weighted by Gasteiger charge is 2.71. The van der Waals surface area contributed by atoms with Gasteiger partial charge in [-0.2, -0.15) is 0 Å². The van der Waals surface area contributed by atoms with Gasteiger partial charge in [-0.3, -0.25) is 4.79 Å². The van der Waals surface area contributed by atoms with Crippen molar-refractivity contribution in [2.75, 3.05) is 19.8 Å². The molecule has 5 heteroatoms. The smallest absolute Gasteiger partial charge is 0.241 e. The van der Waals surface area contributed by atoms with E-state index in [0.717, 1.165) is 25.9 Å². The molecule has 114 valence electrons. The monoisotopic (exact) mass is 282 g/mol. The second-order valence-electron chi connectivity index (χ2n) is 7.45. The number of rotatable bonds is 2. The van der Waals surface area contributed by atoms with Gasteiger partial charge in [0.25, 0.3) is 0 Å². The molecule has 4 atom stereocenters. The predicted molar refractivity (Wildman–Crippen MR) is 75.1 cm³/mol. The molecule has 1 aliphatic carbocycles. The summed E-state index contributed by atoms with van der Waals surface area (Å²) in [6, 6.07) is 0. The fourth-order valence-electron chi connectivity index (χ4n) is 4.26. The number of carbonyl (C=O) groups excluding carboxylic acids is 1. The molecule has 3 aliphatic rings. The third-order valence-corrected chi connectivity index (χ3v) is 5.68. The van der Waals surface area contributed by atoms with Crippen molar-refractivity contribution in [3.05, 3.63) is 0 Å². The Morgan fingerprint density at radius 3 is 2.70 bits per heavy atom. The number of fused-ring (bicyclic) bond motifs is 1. The molecular formula is C15H26N2O3. The SMILES string of the molecule is CC1(NC(=O)C2(N)C3CCOC3C2(C)C)CCCOC1. The van der Waals surface area contributed by atoms with E-state index in [2.05, 4.69) is 5.32 Å². The van der Waals surface area contributed by atoms with Crippen LogP contribution in [0.3, 0.4) is 0 Å². The maximum Gasteiger partial charge on any atom is 0.241 e. The van der Waals surface area contributed by atoms with Crippen molar-refractivity contribution in [1.82, 2.24) is 5.32 Å². The van der Waals surface area contributed by atoms with Gasteiger partial charge in [0.05, 0.1) is 18.2 Å². The molecule has 3 N–H and O–H groups in total. The van der Waals surface area contributed by atoms with Crippen LogP contribution in [-0.2, 0) is 14.3 Å². The first-order valence-electron chi connectivity index (χ1n) is 7.62. The average Bonchev–Trinajstić information content (AvgIpc) is 2.86. The van der Waals surface area contributed by atoms with Crippen LogP contribution in [-0.4, -0.2) is 42.9 Å². The molecule has 1 amide bonds. The number of nitrogens with one attached hydrogen (secondary N) is 1. The Kier molecular flexibility index (Phi) is 3.16. The lowest BCUT2D eigenvalue weighted by Gasteiger charge is -2.61. The van der Waals surface area contributed by atoms with Gasteiger partial charge < -0.3 is 20.5 Å². The van der Waals surface area contributed by atoms with Crippen LogP contribution >= 0.6 is 0 Å². The molecule has 20 heavy (non-hydrogen) atoms. The van der Waals surface area contributed by atoms with E-state index in [9.17, 15) is 4.79 Å². The van der Waals surface area contributed by atoms with Crippen LogP contribution in [0.4, 0.5) is 0 Å². The first-order chi connectivity index (χ1) is 9.31. The molecule has 3 fully saturated rings. The zero-order valence-corrected chi connectivity index (χ0v) is 12.7. The molecule has 2 saturated heterocycles. The minimum absolute atomic E-state index is 0.0396. The van der Waals surface area contributed by atoms with Gasteiger partial charge in [0.1, 0.15) is 5.54 Å². The summed E-state index contributed by atoms with van der Waals surface area (Å²) in [5, 5.41) is 3.16. The summed E-state index contributed by atoms with van der Waals surface area (Å²) in [4.78, 5) is 12.8. The minimum atomic E-state index is -0.825.